The van der Waals surface area contributed by atoms with E-state index in [0.29, 0.717) is 67.4 Å². The van der Waals surface area contributed by atoms with Crippen molar-refractivity contribution in [2.75, 3.05) is 23.5 Å². The van der Waals surface area contributed by atoms with E-state index in [4.69, 9.17) is 46.4 Å². The van der Waals surface area contributed by atoms with Gasteiger partial charge < -0.3 is 0 Å². The van der Waals surface area contributed by atoms with E-state index >= 15 is 0 Å². The van der Waals surface area contributed by atoms with E-state index in [-0.39, 0.29) is 69.8 Å². The lowest BCUT2D eigenvalue weighted by Crippen LogP contribution is -2.00. The average Bonchev–Trinajstić information content (AvgIpc) is 2.56. The van der Waals surface area contributed by atoms with Crippen LogP contribution in [-0.4, -0.2) is 75.6 Å². The van der Waals surface area contributed by atoms with Crippen LogP contribution in [0, 0.1) is 0 Å². The Bertz CT molecular complexity index is 3000. The minimum absolute atomic E-state index is 0.0412. The van der Waals surface area contributed by atoms with Gasteiger partial charge in [0.15, 0.2) is 52.0 Å². The summed E-state index contributed by atoms with van der Waals surface area (Å²) in [6, 6.07) is 17.2. The van der Waals surface area contributed by atoms with E-state index in [2.05, 4.69) is 0 Å². The minimum Gasteiger partial charge on any atom is -0.294 e. The maximum atomic E-state index is 11.7. The Morgan fingerprint density at radius 2 is 0.353 bits per heavy atom. The predicted octanol–water partition coefficient (Wildman–Crippen LogP) is 20.7. The molecular weight excluding hydrogens is 1330 g/mol. The molecule has 9 rings (SSSR count). The van der Waals surface area contributed by atoms with Crippen molar-refractivity contribution in [3.05, 3.63) is 197 Å². The van der Waals surface area contributed by atoms with Crippen LogP contribution in [0.3, 0.4) is 0 Å². The number of hydrogen-bond donors (Lipinski definition) is 0. The van der Waals surface area contributed by atoms with Crippen molar-refractivity contribution < 1.29 is 43.2 Å². The Hall–Kier alpha value is -4.51. The molecule has 448 valence electrons. The van der Waals surface area contributed by atoms with Gasteiger partial charge in [0, 0.05) is 41.3 Å². The summed E-state index contributed by atoms with van der Waals surface area (Å²) in [5.74, 6) is 2.85. The normalized spacial score (nSPS) is 10.7. The Labute approximate surface area is 551 Å². The van der Waals surface area contributed by atoms with Crippen molar-refractivity contribution in [3.63, 3.8) is 0 Å². The SMILES string of the molecule is CC(=O)c1cc(C(c2csc(C(C)=O)c2)c2csc(C(C)=O)c2)cs1.CC(=O)c1cc(C(c2csc(C(C)=O)c2)c2csc(C(C)=O)c2)cs1.CC(=O)c1cc(C(c2csc(C(C)=O)c2)c2csc(C(C)=O)c2)cs1.ClCCCCl.ClCCCCl. The summed E-state index contributed by atoms with van der Waals surface area (Å²) >= 11 is 33.7. The third kappa shape index (κ3) is 20.5. The molecule has 0 aromatic carbocycles. The second-order valence-corrected chi connectivity index (χ2v) is 28.7. The molecule has 0 saturated carbocycles. The fourth-order valence-electron chi connectivity index (χ4n) is 8.02. The Morgan fingerprint density at radius 1 is 0.247 bits per heavy atom. The number of hydrogen-bond acceptors (Lipinski definition) is 18. The topological polar surface area (TPSA) is 154 Å². The number of carbonyl (C=O) groups excluding carboxylic acids is 9. The van der Waals surface area contributed by atoms with E-state index in [1.807, 2.05) is 103 Å². The summed E-state index contributed by atoms with van der Waals surface area (Å²) in [5, 5.41) is 17.9. The van der Waals surface area contributed by atoms with Gasteiger partial charge in [-0.15, -0.1) is 148 Å². The van der Waals surface area contributed by atoms with Gasteiger partial charge in [-0.05, 0) is 228 Å². The van der Waals surface area contributed by atoms with Gasteiger partial charge in [0.1, 0.15) is 0 Å². The van der Waals surface area contributed by atoms with Gasteiger partial charge in [-0.2, -0.15) is 0 Å². The lowest BCUT2D eigenvalue weighted by molar-refractivity contribution is 0.101. The first-order valence-electron chi connectivity index (χ1n) is 26.0. The smallest absolute Gasteiger partial charge is 0.169 e. The number of Topliss-reactive ketones (excluding diaryl/α,β-unsaturated/α-hetero) is 9. The Balaban J connectivity index is 0.000000215. The standard InChI is InChI=1S/3C19H16O3S3.2C3H6Cl2/c3*1-10(20)16-4-13(7-23-16)19(14-5-17(11(2)21)24-8-14)15-6-18(12(3)22)25-9-15;2*4-2-1-3-5/h3*4-9,19H,1-3H3;2*1-3H2. The molecule has 9 nitrogen and oxygen atoms in total. The van der Waals surface area contributed by atoms with Gasteiger partial charge in [-0.3, -0.25) is 43.2 Å². The number of thiophene rings is 9. The van der Waals surface area contributed by atoms with Crippen molar-refractivity contribution in [1.82, 2.24) is 0 Å². The summed E-state index contributed by atoms with van der Waals surface area (Å²) in [5.41, 5.74) is 9.09. The summed E-state index contributed by atoms with van der Waals surface area (Å²) in [4.78, 5) is 111. The largest absolute Gasteiger partial charge is 0.294 e. The van der Waals surface area contributed by atoms with Gasteiger partial charge in [0.05, 0.1) is 43.9 Å². The summed E-state index contributed by atoms with van der Waals surface area (Å²) in [6.45, 7) is 14.0. The molecule has 0 aliphatic carbocycles. The first kappa shape index (κ1) is 71.2. The highest BCUT2D eigenvalue weighted by Crippen LogP contribution is 2.42. The van der Waals surface area contributed by atoms with E-state index in [0.717, 1.165) is 62.9 Å². The fraction of sp³-hybridized carbons (Fsp3) is 0.286. The van der Waals surface area contributed by atoms with E-state index in [1.165, 1.54) is 102 Å². The average molecular weight is 1390 g/mol. The molecular formula is C63H60Cl4O9S9. The highest BCUT2D eigenvalue weighted by atomic mass is 35.5. The van der Waals surface area contributed by atoms with Crippen molar-refractivity contribution in [2.45, 2.75) is 92.9 Å². The van der Waals surface area contributed by atoms with Crippen LogP contribution < -0.4 is 0 Å². The third-order valence-electron chi connectivity index (χ3n) is 12.2. The number of rotatable bonds is 22. The second-order valence-electron chi connectivity index (χ2n) is 19.0. The lowest BCUT2D eigenvalue weighted by Gasteiger charge is -2.13. The van der Waals surface area contributed by atoms with Gasteiger partial charge in [0.2, 0.25) is 0 Å². The number of halogens is 4. The molecule has 0 fully saturated rings. The zero-order valence-electron chi connectivity index (χ0n) is 47.7. The molecule has 85 heavy (non-hydrogen) atoms. The molecule has 0 amide bonds. The monoisotopic (exact) mass is 1390 g/mol. The molecule has 9 aromatic rings. The van der Waals surface area contributed by atoms with Crippen LogP contribution in [0.25, 0.3) is 0 Å². The van der Waals surface area contributed by atoms with Gasteiger partial charge in [-0.25, -0.2) is 0 Å². The molecule has 0 atom stereocenters. The maximum Gasteiger partial charge on any atom is 0.169 e. The molecule has 0 spiro atoms. The first-order valence-corrected chi connectivity index (χ1v) is 36.1. The summed E-state index contributed by atoms with van der Waals surface area (Å²) in [6.07, 6.45) is 1.84. The van der Waals surface area contributed by atoms with Crippen LogP contribution in [0.15, 0.2) is 103 Å². The molecule has 22 heteroatoms. The molecule has 9 aromatic heterocycles. The molecule has 0 radical (unpaired) electrons. The van der Waals surface area contributed by atoms with Gasteiger partial charge in [-0.1, -0.05) is 0 Å². The minimum atomic E-state index is -0.0851. The van der Waals surface area contributed by atoms with Crippen LogP contribution in [0.4, 0.5) is 0 Å². The van der Waals surface area contributed by atoms with Crippen LogP contribution in [-0.2, 0) is 0 Å². The van der Waals surface area contributed by atoms with Gasteiger partial charge >= 0.3 is 0 Å². The van der Waals surface area contributed by atoms with Crippen molar-refractivity contribution in [1.29, 1.82) is 0 Å². The van der Waals surface area contributed by atoms with E-state index in [1.54, 1.807) is 62.3 Å². The predicted molar refractivity (Wildman–Crippen MR) is 364 cm³/mol. The van der Waals surface area contributed by atoms with Crippen LogP contribution >= 0.6 is 148 Å². The Kier molecular flexibility index (Phi) is 29.2. The van der Waals surface area contributed by atoms with Crippen LogP contribution in [0.2, 0.25) is 0 Å². The number of carbonyl (C=O) groups is 9. The summed E-state index contributed by atoms with van der Waals surface area (Å²) < 4.78 is 0. The van der Waals surface area contributed by atoms with E-state index < -0.39 is 0 Å². The highest BCUT2D eigenvalue weighted by molar-refractivity contribution is 7.15. The molecule has 0 saturated heterocycles. The van der Waals surface area contributed by atoms with Gasteiger partial charge in [0.25, 0.3) is 0 Å². The fourth-order valence-corrected chi connectivity index (χ4v) is 16.4. The number of alkyl halides is 4. The molecule has 0 unspecified atom stereocenters. The second kappa shape index (κ2) is 34.9. The maximum absolute atomic E-state index is 11.7. The quantitative estimate of drug-likeness (QED) is 0.0476. The van der Waals surface area contributed by atoms with Crippen molar-refractivity contribution in [2.24, 2.45) is 0 Å². The van der Waals surface area contributed by atoms with Crippen LogP contribution in [0.1, 0.15) is 230 Å². The van der Waals surface area contributed by atoms with Crippen molar-refractivity contribution >= 4 is 200 Å². The van der Waals surface area contributed by atoms with Crippen LogP contribution in [0.5, 0.6) is 0 Å². The zero-order chi connectivity index (χ0) is 62.7. The van der Waals surface area contributed by atoms with Crippen molar-refractivity contribution in [3.8, 4) is 0 Å². The number of ketones is 9. The molecule has 0 N–H and O–H groups in total. The highest BCUT2D eigenvalue weighted by Gasteiger charge is 2.26. The third-order valence-corrected chi connectivity index (χ3v) is 22.7. The Morgan fingerprint density at radius 3 is 0.412 bits per heavy atom. The van der Waals surface area contributed by atoms with E-state index in [9.17, 15) is 43.2 Å². The molecule has 0 bridgehead atoms. The lowest BCUT2D eigenvalue weighted by atomic mass is 9.89. The molecule has 0 aliphatic heterocycles. The first-order chi connectivity index (χ1) is 40.4. The molecule has 9 heterocycles. The molecule has 0 aliphatic rings. The zero-order valence-corrected chi connectivity index (χ0v) is 58.1. The summed E-state index contributed by atoms with van der Waals surface area (Å²) in [7, 11) is 0.